The van der Waals surface area contributed by atoms with Gasteiger partial charge in [0.15, 0.2) is 15.7 Å². The van der Waals surface area contributed by atoms with E-state index in [0.29, 0.717) is 10.8 Å². The molecule has 1 atom stereocenters. The largest absolute Gasteiger partial charge is 0.456 e. The van der Waals surface area contributed by atoms with Crippen LogP contribution in [0.15, 0.2) is 36.0 Å². The normalized spacial score (nSPS) is 14.1. The van der Waals surface area contributed by atoms with Crippen LogP contribution >= 0.6 is 0 Å². The standard InChI is InChI=1S/C16H14F6N6O2S/c1-3-31(29,30)11-4-9(28-8-23-7-26-28)5-24-12(11)14-25-6-10(27(14)2)13(17)15(18,19)16(20,21)22/h4-8,13H,3H2,1-2H3/t13-/m1/s1. The van der Waals surface area contributed by atoms with Gasteiger partial charge in [0.1, 0.15) is 18.3 Å². The fourth-order valence-electron chi connectivity index (χ4n) is 2.67. The molecule has 0 aromatic carbocycles. The van der Waals surface area contributed by atoms with Crippen molar-refractivity contribution >= 4 is 9.84 Å². The van der Waals surface area contributed by atoms with E-state index in [1.807, 2.05) is 0 Å². The third-order valence-electron chi connectivity index (χ3n) is 4.43. The number of sulfone groups is 1. The maximum Gasteiger partial charge on any atom is 0.456 e. The molecule has 0 aliphatic carbocycles. The molecule has 3 aromatic heterocycles. The maximum absolute atomic E-state index is 14.2. The van der Waals surface area contributed by atoms with Crippen LogP contribution in [0.4, 0.5) is 26.3 Å². The lowest BCUT2D eigenvalue weighted by Crippen LogP contribution is -2.41. The zero-order valence-corrected chi connectivity index (χ0v) is 16.7. The quantitative estimate of drug-likeness (QED) is 0.516. The molecule has 0 fully saturated rings. The SMILES string of the molecule is CCS(=O)(=O)c1cc(-n2cncn2)cnc1-c1ncc([C@@H](F)C(F)(F)C(F)(F)F)n1C. The number of hydrogen-bond donors (Lipinski definition) is 0. The predicted molar refractivity (Wildman–Crippen MR) is 93.9 cm³/mol. The second kappa shape index (κ2) is 7.62. The second-order valence-corrected chi connectivity index (χ2v) is 8.58. The Labute approximate surface area is 171 Å². The molecule has 168 valence electrons. The van der Waals surface area contributed by atoms with Gasteiger partial charge >= 0.3 is 12.1 Å². The number of rotatable bonds is 6. The monoisotopic (exact) mass is 468 g/mol. The first-order chi connectivity index (χ1) is 14.3. The van der Waals surface area contributed by atoms with E-state index < -0.39 is 39.6 Å². The highest BCUT2D eigenvalue weighted by atomic mass is 32.2. The van der Waals surface area contributed by atoms with Crippen molar-refractivity contribution in [2.24, 2.45) is 7.05 Å². The molecule has 8 nitrogen and oxygen atoms in total. The number of halogens is 6. The average molecular weight is 468 g/mol. The Morgan fingerprint density at radius 1 is 1.13 bits per heavy atom. The maximum atomic E-state index is 14.2. The lowest BCUT2D eigenvalue weighted by atomic mass is 10.1. The Balaban J connectivity index is 2.16. The van der Waals surface area contributed by atoms with Gasteiger partial charge in [0.2, 0.25) is 6.17 Å². The van der Waals surface area contributed by atoms with E-state index in [1.165, 1.54) is 36.5 Å². The Bertz CT molecular complexity index is 1190. The topological polar surface area (TPSA) is 95.6 Å². The van der Waals surface area contributed by atoms with Crippen molar-refractivity contribution in [3.8, 4) is 17.2 Å². The number of aromatic nitrogens is 6. The van der Waals surface area contributed by atoms with Crippen molar-refractivity contribution in [2.45, 2.75) is 30.1 Å². The molecule has 3 heterocycles. The minimum Gasteiger partial charge on any atom is -0.327 e. The van der Waals surface area contributed by atoms with Crippen LogP contribution < -0.4 is 0 Å². The molecule has 0 saturated heterocycles. The number of nitrogens with zero attached hydrogens (tertiary/aromatic N) is 6. The number of imidazole rings is 1. The second-order valence-electron chi connectivity index (χ2n) is 6.33. The Morgan fingerprint density at radius 3 is 2.35 bits per heavy atom. The third kappa shape index (κ3) is 3.88. The minimum absolute atomic E-state index is 0.190. The van der Waals surface area contributed by atoms with Crippen LogP contribution in [0.5, 0.6) is 0 Å². The summed E-state index contributed by atoms with van der Waals surface area (Å²) in [5, 5.41) is 3.84. The van der Waals surface area contributed by atoms with Crippen LogP contribution in [-0.4, -0.2) is 55.6 Å². The van der Waals surface area contributed by atoms with Gasteiger partial charge in [0, 0.05) is 7.05 Å². The van der Waals surface area contributed by atoms with Crippen molar-refractivity contribution in [3.63, 3.8) is 0 Å². The van der Waals surface area contributed by atoms with Crippen LogP contribution in [-0.2, 0) is 16.9 Å². The summed E-state index contributed by atoms with van der Waals surface area (Å²) in [6.45, 7) is 1.34. The Kier molecular flexibility index (Phi) is 5.58. The van der Waals surface area contributed by atoms with E-state index in [0.717, 1.165) is 7.05 Å². The predicted octanol–water partition coefficient (Wildman–Crippen LogP) is 3.06. The lowest BCUT2D eigenvalue weighted by molar-refractivity contribution is -0.305. The number of pyridine rings is 1. The molecule has 31 heavy (non-hydrogen) atoms. The Morgan fingerprint density at radius 2 is 1.81 bits per heavy atom. The van der Waals surface area contributed by atoms with Crippen LogP contribution in [0.3, 0.4) is 0 Å². The smallest absolute Gasteiger partial charge is 0.327 e. The zero-order chi connectivity index (χ0) is 23.2. The van der Waals surface area contributed by atoms with E-state index in [2.05, 4.69) is 20.1 Å². The van der Waals surface area contributed by atoms with Crippen molar-refractivity contribution in [1.82, 2.24) is 29.3 Å². The first-order valence-electron chi connectivity index (χ1n) is 8.49. The van der Waals surface area contributed by atoms with Gasteiger partial charge in [-0.05, 0) is 6.07 Å². The summed E-state index contributed by atoms with van der Waals surface area (Å²) < 4.78 is 106. The molecule has 3 rings (SSSR count). The van der Waals surface area contributed by atoms with E-state index in [9.17, 15) is 34.8 Å². The number of alkyl halides is 6. The summed E-state index contributed by atoms with van der Waals surface area (Å²) >= 11 is 0. The van der Waals surface area contributed by atoms with Gasteiger partial charge in [-0.3, -0.25) is 0 Å². The van der Waals surface area contributed by atoms with E-state index >= 15 is 0 Å². The van der Waals surface area contributed by atoms with Crippen molar-refractivity contribution in [1.29, 1.82) is 0 Å². The number of hydrogen-bond acceptors (Lipinski definition) is 6. The highest BCUT2D eigenvalue weighted by Gasteiger charge is 2.64. The van der Waals surface area contributed by atoms with Crippen molar-refractivity contribution in [3.05, 3.63) is 36.8 Å². The summed E-state index contributed by atoms with van der Waals surface area (Å²) in [5.41, 5.74) is -1.25. The van der Waals surface area contributed by atoms with Gasteiger partial charge in [-0.1, -0.05) is 6.92 Å². The van der Waals surface area contributed by atoms with Crippen molar-refractivity contribution < 1.29 is 34.8 Å². The molecule has 15 heteroatoms. The molecule has 3 aromatic rings. The highest BCUT2D eigenvalue weighted by Crippen LogP contribution is 2.46. The van der Waals surface area contributed by atoms with Crippen LogP contribution in [0.25, 0.3) is 17.2 Å². The van der Waals surface area contributed by atoms with E-state index in [-0.39, 0.29) is 22.0 Å². The third-order valence-corrected chi connectivity index (χ3v) is 6.17. The minimum atomic E-state index is -6.13. The van der Waals surface area contributed by atoms with E-state index in [1.54, 1.807) is 0 Å². The molecule has 0 unspecified atom stereocenters. The molecule has 0 saturated carbocycles. The van der Waals surface area contributed by atoms with Crippen LogP contribution in [0.2, 0.25) is 0 Å². The highest BCUT2D eigenvalue weighted by molar-refractivity contribution is 7.91. The first-order valence-corrected chi connectivity index (χ1v) is 10.1. The summed E-state index contributed by atoms with van der Waals surface area (Å²) in [6, 6.07) is 1.17. The first kappa shape index (κ1) is 22.7. The Hall–Kier alpha value is -2.97. The van der Waals surface area contributed by atoms with E-state index in [4.69, 9.17) is 0 Å². The van der Waals surface area contributed by atoms with Crippen molar-refractivity contribution in [2.75, 3.05) is 5.75 Å². The van der Waals surface area contributed by atoms with Gasteiger partial charge in [0.25, 0.3) is 0 Å². The lowest BCUT2D eigenvalue weighted by Gasteiger charge is -2.23. The molecule has 0 spiro atoms. The summed E-state index contributed by atoms with van der Waals surface area (Å²) in [5.74, 6) is -6.47. The molecule has 0 amide bonds. The molecule has 0 N–H and O–H groups in total. The molecule has 0 bridgehead atoms. The van der Waals surface area contributed by atoms with Gasteiger partial charge in [0.05, 0.1) is 34.4 Å². The molecule has 0 aliphatic rings. The summed E-state index contributed by atoms with van der Waals surface area (Å²) in [6.07, 6.45) is -5.79. The summed E-state index contributed by atoms with van der Waals surface area (Å²) in [4.78, 5) is 11.0. The molecular formula is C16H14F6N6O2S. The molecule has 0 aliphatic heterocycles. The fourth-order valence-corrected chi connectivity index (χ4v) is 3.72. The summed E-state index contributed by atoms with van der Waals surface area (Å²) in [7, 11) is -2.99. The fraction of sp³-hybridized carbons (Fsp3) is 0.375. The average Bonchev–Trinajstić information content (AvgIpc) is 3.36. The molecule has 0 radical (unpaired) electrons. The molecular weight excluding hydrogens is 454 g/mol. The van der Waals surface area contributed by atoms with Crippen LogP contribution in [0, 0.1) is 0 Å². The van der Waals surface area contributed by atoms with Gasteiger partial charge in [-0.15, -0.1) is 0 Å². The van der Waals surface area contributed by atoms with Crippen LogP contribution in [0.1, 0.15) is 18.8 Å². The zero-order valence-electron chi connectivity index (χ0n) is 15.8. The van der Waals surface area contributed by atoms with Gasteiger partial charge in [-0.25, -0.2) is 32.4 Å². The van der Waals surface area contributed by atoms with Gasteiger partial charge in [-0.2, -0.15) is 27.1 Å². The van der Waals surface area contributed by atoms with Gasteiger partial charge < -0.3 is 4.57 Å².